The van der Waals surface area contributed by atoms with E-state index in [1.54, 1.807) is 18.5 Å². The van der Waals surface area contributed by atoms with Crippen LogP contribution in [0.25, 0.3) is 11.4 Å². The SMILES string of the molecule is COc1cccc(F)c1-c1nncn1CC(C)C. The molecule has 0 aliphatic heterocycles. The summed E-state index contributed by atoms with van der Waals surface area (Å²) in [5.41, 5.74) is 0.359. The third-order valence-electron chi connectivity index (χ3n) is 2.60. The van der Waals surface area contributed by atoms with Crippen molar-refractivity contribution in [2.45, 2.75) is 20.4 Å². The third kappa shape index (κ3) is 2.34. The first-order valence-corrected chi connectivity index (χ1v) is 5.84. The van der Waals surface area contributed by atoms with Gasteiger partial charge in [-0.2, -0.15) is 0 Å². The van der Waals surface area contributed by atoms with Crippen LogP contribution in [0.4, 0.5) is 4.39 Å². The summed E-state index contributed by atoms with van der Waals surface area (Å²) in [6, 6.07) is 4.72. The lowest BCUT2D eigenvalue weighted by molar-refractivity contribution is 0.412. The number of halogens is 1. The van der Waals surface area contributed by atoms with Crippen molar-refractivity contribution in [2.75, 3.05) is 7.11 Å². The molecular weight excluding hydrogens is 233 g/mol. The number of rotatable bonds is 4. The number of nitrogens with zero attached hydrogens (tertiary/aromatic N) is 3. The zero-order valence-electron chi connectivity index (χ0n) is 10.7. The lowest BCUT2D eigenvalue weighted by Crippen LogP contribution is -2.06. The Bertz CT molecular complexity index is 537. The first-order valence-electron chi connectivity index (χ1n) is 5.84. The van der Waals surface area contributed by atoms with Crippen molar-refractivity contribution in [3.8, 4) is 17.1 Å². The summed E-state index contributed by atoms with van der Waals surface area (Å²) < 4.78 is 21.0. The highest BCUT2D eigenvalue weighted by Gasteiger charge is 2.17. The van der Waals surface area contributed by atoms with Gasteiger partial charge in [-0.05, 0) is 18.1 Å². The number of methoxy groups -OCH3 is 1. The summed E-state index contributed by atoms with van der Waals surface area (Å²) in [5, 5.41) is 7.86. The highest BCUT2D eigenvalue weighted by atomic mass is 19.1. The molecule has 0 saturated heterocycles. The zero-order valence-corrected chi connectivity index (χ0v) is 10.7. The van der Waals surface area contributed by atoms with E-state index in [9.17, 15) is 4.39 Å². The molecule has 0 unspecified atom stereocenters. The predicted octanol–water partition coefficient (Wildman–Crippen LogP) is 2.75. The molecule has 0 saturated carbocycles. The van der Waals surface area contributed by atoms with Crippen molar-refractivity contribution < 1.29 is 9.13 Å². The van der Waals surface area contributed by atoms with Crippen molar-refractivity contribution in [3.05, 3.63) is 30.3 Å². The van der Waals surface area contributed by atoms with Crippen LogP contribution in [-0.4, -0.2) is 21.9 Å². The molecule has 0 amide bonds. The maximum Gasteiger partial charge on any atom is 0.170 e. The molecule has 4 nitrogen and oxygen atoms in total. The first kappa shape index (κ1) is 12.5. The van der Waals surface area contributed by atoms with Crippen molar-refractivity contribution in [1.82, 2.24) is 14.8 Å². The molecule has 1 aromatic heterocycles. The number of aromatic nitrogens is 3. The van der Waals surface area contributed by atoms with Gasteiger partial charge >= 0.3 is 0 Å². The van der Waals surface area contributed by atoms with Gasteiger partial charge in [-0.1, -0.05) is 19.9 Å². The summed E-state index contributed by atoms with van der Waals surface area (Å²) in [4.78, 5) is 0. The number of ether oxygens (including phenoxy) is 1. The molecular formula is C13H16FN3O. The van der Waals surface area contributed by atoms with E-state index in [0.29, 0.717) is 23.1 Å². The summed E-state index contributed by atoms with van der Waals surface area (Å²) in [6.07, 6.45) is 1.61. The molecule has 0 spiro atoms. The second kappa shape index (κ2) is 5.16. The van der Waals surface area contributed by atoms with E-state index in [2.05, 4.69) is 24.0 Å². The maximum absolute atomic E-state index is 14.0. The maximum atomic E-state index is 14.0. The predicted molar refractivity (Wildman–Crippen MR) is 66.8 cm³/mol. The molecule has 5 heteroatoms. The van der Waals surface area contributed by atoms with Crippen LogP contribution < -0.4 is 4.74 Å². The van der Waals surface area contributed by atoms with Gasteiger partial charge in [0.25, 0.3) is 0 Å². The Labute approximate surface area is 105 Å². The highest BCUT2D eigenvalue weighted by molar-refractivity contribution is 5.65. The quantitative estimate of drug-likeness (QED) is 0.836. The van der Waals surface area contributed by atoms with Gasteiger partial charge in [0.05, 0.1) is 12.7 Å². The highest BCUT2D eigenvalue weighted by Crippen LogP contribution is 2.31. The number of hydrogen-bond donors (Lipinski definition) is 0. The second-order valence-corrected chi connectivity index (χ2v) is 4.52. The topological polar surface area (TPSA) is 39.9 Å². The molecule has 96 valence electrons. The van der Waals surface area contributed by atoms with Crippen molar-refractivity contribution >= 4 is 0 Å². The summed E-state index contributed by atoms with van der Waals surface area (Å²) in [5.74, 6) is 1.04. The fourth-order valence-electron chi connectivity index (χ4n) is 1.87. The molecule has 0 aliphatic carbocycles. The van der Waals surface area contributed by atoms with E-state index in [1.807, 2.05) is 4.57 Å². The van der Waals surface area contributed by atoms with Gasteiger partial charge in [0.1, 0.15) is 17.9 Å². The fourth-order valence-corrected chi connectivity index (χ4v) is 1.87. The molecule has 0 bridgehead atoms. The molecule has 0 aliphatic rings. The minimum atomic E-state index is -0.354. The largest absolute Gasteiger partial charge is 0.496 e. The van der Waals surface area contributed by atoms with Crippen LogP contribution in [0, 0.1) is 11.7 Å². The average molecular weight is 249 g/mol. The minimum absolute atomic E-state index is 0.354. The van der Waals surface area contributed by atoms with Gasteiger partial charge in [-0.25, -0.2) is 4.39 Å². The second-order valence-electron chi connectivity index (χ2n) is 4.52. The number of benzene rings is 1. The summed E-state index contributed by atoms with van der Waals surface area (Å²) in [7, 11) is 1.52. The van der Waals surface area contributed by atoms with E-state index in [0.717, 1.165) is 6.54 Å². The van der Waals surface area contributed by atoms with Crippen molar-refractivity contribution in [2.24, 2.45) is 5.92 Å². The summed E-state index contributed by atoms with van der Waals surface area (Å²) in [6.45, 7) is 4.91. The smallest absolute Gasteiger partial charge is 0.170 e. The molecule has 1 heterocycles. The van der Waals surface area contributed by atoms with Crippen LogP contribution in [0.2, 0.25) is 0 Å². The molecule has 0 fully saturated rings. The van der Waals surface area contributed by atoms with Crippen LogP contribution in [0.1, 0.15) is 13.8 Å². The van der Waals surface area contributed by atoms with Gasteiger partial charge in [0, 0.05) is 6.54 Å². The molecule has 0 radical (unpaired) electrons. The van der Waals surface area contributed by atoms with Gasteiger partial charge in [-0.15, -0.1) is 10.2 Å². The van der Waals surface area contributed by atoms with Crippen LogP contribution in [0.15, 0.2) is 24.5 Å². The van der Waals surface area contributed by atoms with Crippen LogP contribution >= 0.6 is 0 Å². The van der Waals surface area contributed by atoms with E-state index in [-0.39, 0.29) is 5.82 Å². The Kier molecular flexibility index (Phi) is 3.60. The van der Waals surface area contributed by atoms with Crippen LogP contribution in [0.5, 0.6) is 5.75 Å². The third-order valence-corrected chi connectivity index (χ3v) is 2.60. The van der Waals surface area contributed by atoms with Gasteiger partial charge in [0.15, 0.2) is 5.82 Å². The van der Waals surface area contributed by atoms with E-state index in [4.69, 9.17) is 4.74 Å². The monoisotopic (exact) mass is 249 g/mol. The zero-order chi connectivity index (χ0) is 13.1. The molecule has 18 heavy (non-hydrogen) atoms. The first-order chi connectivity index (χ1) is 8.63. The van der Waals surface area contributed by atoms with Crippen molar-refractivity contribution in [3.63, 3.8) is 0 Å². The normalized spacial score (nSPS) is 10.9. The van der Waals surface area contributed by atoms with E-state index >= 15 is 0 Å². The lowest BCUT2D eigenvalue weighted by atomic mass is 10.1. The van der Waals surface area contributed by atoms with E-state index < -0.39 is 0 Å². The number of hydrogen-bond acceptors (Lipinski definition) is 3. The molecule has 2 aromatic rings. The molecule has 1 aromatic carbocycles. The van der Waals surface area contributed by atoms with Crippen molar-refractivity contribution in [1.29, 1.82) is 0 Å². The molecule has 0 N–H and O–H groups in total. The van der Waals surface area contributed by atoms with Crippen LogP contribution in [0.3, 0.4) is 0 Å². The van der Waals surface area contributed by atoms with Gasteiger partial charge in [-0.3, -0.25) is 0 Å². The van der Waals surface area contributed by atoms with E-state index in [1.165, 1.54) is 13.2 Å². The fraction of sp³-hybridized carbons (Fsp3) is 0.385. The lowest BCUT2D eigenvalue weighted by Gasteiger charge is -2.12. The Hall–Kier alpha value is -1.91. The van der Waals surface area contributed by atoms with Gasteiger partial charge in [0.2, 0.25) is 0 Å². The molecule has 2 rings (SSSR count). The standard InChI is InChI=1S/C13H16FN3O/c1-9(2)7-17-8-15-16-13(17)12-10(14)5-4-6-11(12)18-3/h4-6,8-9H,7H2,1-3H3. The Balaban J connectivity index is 2.52. The Morgan fingerprint density at radius 3 is 2.83 bits per heavy atom. The van der Waals surface area contributed by atoms with Gasteiger partial charge < -0.3 is 9.30 Å². The Morgan fingerprint density at radius 1 is 1.39 bits per heavy atom. The molecule has 0 atom stereocenters. The Morgan fingerprint density at radius 2 is 2.17 bits per heavy atom. The average Bonchev–Trinajstić information content (AvgIpc) is 2.75. The van der Waals surface area contributed by atoms with Crippen LogP contribution in [-0.2, 0) is 6.54 Å². The summed E-state index contributed by atoms with van der Waals surface area (Å²) >= 11 is 0. The minimum Gasteiger partial charge on any atom is -0.496 e.